The number of ether oxygens (including phenoxy) is 1. The number of rotatable bonds is 9. The molecule has 0 aromatic heterocycles. The van der Waals surface area contributed by atoms with E-state index in [1.165, 1.54) is 30.5 Å². The third kappa shape index (κ3) is 6.45. The molecule has 0 spiro atoms. The fraction of sp³-hybridized carbons (Fsp3) is 0.435. The number of hydrogen-bond donors (Lipinski definition) is 1. The van der Waals surface area contributed by atoms with Gasteiger partial charge in [-0.25, -0.2) is 12.7 Å². The summed E-state index contributed by atoms with van der Waals surface area (Å²) in [4.78, 5) is 15.1. The van der Waals surface area contributed by atoms with Gasteiger partial charge < -0.3 is 10.1 Å². The zero-order valence-corrected chi connectivity index (χ0v) is 20.0. The van der Waals surface area contributed by atoms with Crippen LogP contribution in [-0.4, -0.2) is 63.9 Å². The molecule has 32 heavy (non-hydrogen) atoms. The van der Waals surface area contributed by atoms with Crippen LogP contribution in [0.1, 0.15) is 18.4 Å². The lowest BCUT2D eigenvalue weighted by molar-refractivity contribution is -0.126. The van der Waals surface area contributed by atoms with E-state index in [-0.39, 0.29) is 16.7 Å². The number of carbonyl (C=O) groups excluding carboxylic acids is 1. The predicted molar refractivity (Wildman–Crippen MR) is 125 cm³/mol. The standard InChI is InChI=1S/C23H30ClN3O4S/c1-26(2)32(29,30)21-11-9-20(10-12-21)31-15-13-25-23(28)19-7-5-14-27(17-19)16-18-6-3-4-8-22(18)24/h3-4,6,8-12,19H,5,7,13-17H2,1-2H3,(H,25,28)/t19-/m1/s1. The highest BCUT2D eigenvalue weighted by Gasteiger charge is 2.26. The second-order valence-corrected chi connectivity index (χ2v) is 10.6. The molecule has 1 heterocycles. The van der Waals surface area contributed by atoms with Crippen LogP contribution in [0.25, 0.3) is 0 Å². The largest absolute Gasteiger partial charge is 0.492 e. The lowest BCUT2D eigenvalue weighted by Gasteiger charge is -2.32. The molecule has 0 bridgehead atoms. The number of sulfonamides is 1. The monoisotopic (exact) mass is 479 g/mol. The number of benzene rings is 2. The molecule has 1 saturated heterocycles. The van der Waals surface area contributed by atoms with Gasteiger partial charge in [0.05, 0.1) is 17.4 Å². The number of halogens is 1. The van der Waals surface area contributed by atoms with Gasteiger partial charge in [-0.05, 0) is 55.3 Å². The van der Waals surface area contributed by atoms with Crippen molar-refractivity contribution < 1.29 is 17.9 Å². The lowest BCUT2D eigenvalue weighted by atomic mass is 9.96. The Bertz CT molecular complexity index is 1010. The number of piperidine rings is 1. The van der Waals surface area contributed by atoms with Crippen LogP contribution in [0.4, 0.5) is 0 Å². The zero-order valence-electron chi connectivity index (χ0n) is 18.5. The Hall–Kier alpha value is -2.13. The van der Waals surface area contributed by atoms with Crippen LogP contribution in [0.2, 0.25) is 5.02 Å². The normalized spacial score (nSPS) is 17.3. The topological polar surface area (TPSA) is 79.0 Å². The predicted octanol–water partition coefficient (Wildman–Crippen LogP) is 3.00. The molecule has 1 N–H and O–H groups in total. The second-order valence-electron chi connectivity index (χ2n) is 8.06. The van der Waals surface area contributed by atoms with Crippen LogP contribution in [0.3, 0.4) is 0 Å². The van der Waals surface area contributed by atoms with E-state index in [1.54, 1.807) is 12.1 Å². The number of carbonyl (C=O) groups is 1. The van der Waals surface area contributed by atoms with Crippen LogP contribution >= 0.6 is 11.6 Å². The Morgan fingerprint density at radius 1 is 1.19 bits per heavy atom. The van der Waals surface area contributed by atoms with Gasteiger partial charge in [0.1, 0.15) is 12.4 Å². The second kappa shape index (κ2) is 11.1. The van der Waals surface area contributed by atoms with E-state index in [0.29, 0.717) is 25.4 Å². The molecule has 3 rings (SSSR count). The lowest BCUT2D eigenvalue weighted by Crippen LogP contribution is -2.43. The van der Waals surface area contributed by atoms with Gasteiger partial charge in [-0.1, -0.05) is 29.8 Å². The molecular formula is C23H30ClN3O4S. The number of likely N-dealkylation sites (tertiary alicyclic amines) is 1. The molecular weight excluding hydrogens is 450 g/mol. The fourth-order valence-corrected chi connectivity index (χ4v) is 4.78. The van der Waals surface area contributed by atoms with E-state index >= 15 is 0 Å². The van der Waals surface area contributed by atoms with Crippen molar-refractivity contribution >= 4 is 27.5 Å². The molecule has 2 aromatic rings. The summed E-state index contributed by atoms with van der Waals surface area (Å²) < 4.78 is 31.0. The fourth-order valence-electron chi connectivity index (χ4n) is 3.69. The van der Waals surface area contributed by atoms with E-state index in [2.05, 4.69) is 10.2 Å². The molecule has 2 aromatic carbocycles. The van der Waals surface area contributed by atoms with Gasteiger partial charge in [0.2, 0.25) is 15.9 Å². The van der Waals surface area contributed by atoms with Crippen molar-refractivity contribution in [1.29, 1.82) is 0 Å². The summed E-state index contributed by atoms with van der Waals surface area (Å²) in [7, 11) is -0.478. The SMILES string of the molecule is CN(C)S(=O)(=O)c1ccc(OCCNC(=O)[C@@H]2CCCN(Cc3ccccc3Cl)C2)cc1. The molecule has 1 atom stereocenters. The molecule has 0 radical (unpaired) electrons. The van der Waals surface area contributed by atoms with Gasteiger partial charge in [-0.3, -0.25) is 9.69 Å². The first-order chi connectivity index (χ1) is 15.3. The Morgan fingerprint density at radius 3 is 2.59 bits per heavy atom. The number of nitrogens with one attached hydrogen (secondary N) is 1. The summed E-state index contributed by atoms with van der Waals surface area (Å²) in [6.45, 7) is 3.10. The Labute approximate surface area is 195 Å². The van der Waals surface area contributed by atoms with Gasteiger partial charge in [0.15, 0.2) is 0 Å². The summed E-state index contributed by atoms with van der Waals surface area (Å²) in [5.74, 6) is 0.534. The number of amides is 1. The van der Waals surface area contributed by atoms with Crippen molar-refractivity contribution in [3.63, 3.8) is 0 Å². The van der Waals surface area contributed by atoms with Gasteiger partial charge in [0, 0.05) is 32.2 Å². The highest BCUT2D eigenvalue weighted by molar-refractivity contribution is 7.89. The molecule has 1 aliphatic rings. The summed E-state index contributed by atoms with van der Waals surface area (Å²) in [5, 5.41) is 3.70. The number of hydrogen-bond acceptors (Lipinski definition) is 5. The summed E-state index contributed by atoms with van der Waals surface area (Å²) >= 11 is 6.27. The van der Waals surface area contributed by atoms with E-state index in [0.717, 1.165) is 36.5 Å². The zero-order chi connectivity index (χ0) is 23.1. The van der Waals surface area contributed by atoms with Crippen LogP contribution in [0.15, 0.2) is 53.4 Å². The first-order valence-corrected chi connectivity index (χ1v) is 12.5. The molecule has 0 unspecified atom stereocenters. The molecule has 9 heteroatoms. The maximum atomic E-state index is 12.6. The Balaban J connectivity index is 1.42. The smallest absolute Gasteiger partial charge is 0.242 e. The molecule has 174 valence electrons. The highest BCUT2D eigenvalue weighted by atomic mass is 35.5. The molecule has 1 fully saturated rings. The molecule has 1 amide bonds. The van der Waals surface area contributed by atoms with E-state index in [1.807, 2.05) is 24.3 Å². The Kier molecular flexibility index (Phi) is 8.53. The molecule has 0 saturated carbocycles. The summed E-state index contributed by atoms with van der Waals surface area (Å²) in [6.07, 6.45) is 1.84. The minimum absolute atomic E-state index is 0.0323. The van der Waals surface area contributed by atoms with Crippen LogP contribution in [-0.2, 0) is 21.4 Å². The first-order valence-electron chi connectivity index (χ1n) is 10.7. The quantitative estimate of drug-likeness (QED) is 0.559. The van der Waals surface area contributed by atoms with Gasteiger partial charge in [-0.15, -0.1) is 0 Å². The maximum Gasteiger partial charge on any atom is 0.242 e. The van der Waals surface area contributed by atoms with Crippen LogP contribution in [0, 0.1) is 5.92 Å². The minimum atomic E-state index is -3.46. The molecule has 1 aliphatic heterocycles. The molecule has 7 nitrogen and oxygen atoms in total. The summed E-state index contributed by atoms with van der Waals surface area (Å²) in [6, 6.07) is 14.1. The van der Waals surface area contributed by atoms with Crippen molar-refractivity contribution in [2.75, 3.05) is 40.3 Å². The maximum absolute atomic E-state index is 12.6. The van der Waals surface area contributed by atoms with Crippen molar-refractivity contribution in [2.24, 2.45) is 5.92 Å². The Morgan fingerprint density at radius 2 is 1.91 bits per heavy atom. The first kappa shape index (κ1) is 24.5. The van der Waals surface area contributed by atoms with Crippen molar-refractivity contribution in [2.45, 2.75) is 24.3 Å². The van der Waals surface area contributed by atoms with E-state index in [9.17, 15) is 13.2 Å². The summed E-state index contributed by atoms with van der Waals surface area (Å²) in [5.41, 5.74) is 1.08. The van der Waals surface area contributed by atoms with E-state index < -0.39 is 10.0 Å². The van der Waals surface area contributed by atoms with Crippen molar-refractivity contribution in [1.82, 2.24) is 14.5 Å². The van der Waals surface area contributed by atoms with Gasteiger partial charge in [-0.2, -0.15) is 0 Å². The highest BCUT2D eigenvalue weighted by Crippen LogP contribution is 2.22. The third-order valence-electron chi connectivity index (χ3n) is 5.50. The average Bonchev–Trinajstić information content (AvgIpc) is 2.78. The van der Waals surface area contributed by atoms with Crippen LogP contribution in [0.5, 0.6) is 5.75 Å². The van der Waals surface area contributed by atoms with Gasteiger partial charge >= 0.3 is 0 Å². The third-order valence-corrected chi connectivity index (χ3v) is 7.70. The minimum Gasteiger partial charge on any atom is -0.492 e. The molecule has 0 aliphatic carbocycles. The number of nitrogens with zero attached hydrogens (tertiary/aromatic N) is 2. The van der Waals surface area contributed by atoms with Crippen molar-refractivity contribution in [3.05, 3.63) is 59.1 Å². The van der Waals surface area contributed by atoms with Crippen molar-refractivity contribution in [3.8, 4) is 5.75 Å². The average molecular weight is 480 g/mol. The van der Waals surface area contributed by atoms with Crippen LogP contribution < -0.4 is 10.1 Å². The van der Waals surface area contributed by atoms with Gasteiger partial charge in [0.25, 0.3) is 0 Å². The van der Waals surface area contributed by atoms with E-state index in [4.69, 9.17) is 16.3 Å².